The van der Waals surface area contributed by atoms with Gasteiger partial charge >= 0.3 is 24.2 Å². The number of nitrogens with one attached hydrogen (secondary N) is 7. The zero-order valence-electron chi connectivity index (χ0n) is 55.9. The Morgan fingerprint density at radius 1 is 0.747 bits per heavy atom. The third-order valence-electron chi connectivity index (χ3n) is 15.9. The first-order valence-corrected chi connectivity index (χ1v) is 32.8. The summed E-state index contributed by atoms with van der Waals surface area (Å²) in [5, 5.41) is 31.2. The van der Waals surface area contributed by atoms with E-state index in [2.05, 4.69) is 49.1 Å². The maximum absolute atomic E-state index is 15.2. The molecule has 1 heterocycles. The van der Waals surface area contributed by atoms with Crippen molar-refractivity contribution in [2.45, 2.75) is 209 Å². The van der Waals surface area contributed by atoms with Gasteiger partial charge in [-0.25, -0.2) is 19.4 Å². The highest BCUT2D eigenvalue weighted by Crippen LogP contribution is 2.33. The number of aromatic nitrogens is 1. The number of nitrogens with zero attached hydrogens (tertiary/aromatic N) is 3. The van der Waals surface area contributed by atoms with E-state index in [1.165, 1.54) is 19.0 Å². The Morgan fingerprint density at radius 3 is 1.99 bits per heavy atom. The number of thiazole rings is 1. The first kappa shape index (κ1) is 77.4. The Kier molecular flexibility index (Phi) is 33.0. The summed E-state index contributed by atoms with van der Waals surface area (Å²) in [4.78, 5) is 142. The van der Waals surface area contributed by atoms with Gasteiger partial charge in [0, 0.05) is 63.2 Å². The fraction of sp³-hybridized carbons (Fsp3) is 0.621. The van der Waals surface area contributed by atoms with Crippen LogP contribution in [0.15, 0.2) is 60.0 Å². The number of benzene rings is 2. The summed E-state index contributed by atoms with van der Waals surface area (Å²) in [5.74, 6) is -5.20. The van der Waals surface area contributed by atoms with E-state index in [4.69, 9.17) is 15.2 Å². The monoisotopic (exact) mass is 1290 g/mol. The van der Waals surface area contributed by atoms with Gasteiger partial charge in [-0.1, -0.05) is 137 Å². The number of amides is 10. The van der Waals surface area contributed by atoms with Crippen molar-refractivity contribution in [3.05, 3.63) is 81.8 Å². The van der Waals surface area contributed by atoms with Gasteiger partial charge in [0.15, 0.2) is 6.10 Å². The molecule has 10 N–H and O–H groups in total. The molecule has 0 fully saturated rings. The number of hydrogen-bond acceptors (Lipinski definition) is 14. The van der Waals surface area contributed by atoms with Crippen molar-refractivity contribution >= 4 is 76.7 Å². The second kappa shape index (κ2) is 38.8. The summed E-state index contributed by atoms with van der Waals surface area (Å²) in [6.07, 6.45) is 3.27. The molecular formula is C66H103N11O13S. The van der Waals surface area contributed by atoms with Gasteiger partial charge in [-0.05, 0) is 99.3 Å². The minimum Gasteiger partial charge on any atom is -0.481 e. The van der Waals surface area contributed by atoms with E-state index in [9.17, 15) is 48.3 Å². The number of primary amides is 1. The second-order valence-electron chi connectivity index (χ2n) is 25.1. The summed E-state index contributed by atoms with van der Waals surface area (Å²) in [6.45, 7) is 22.2. The molecule has 91 heavy (non-hydrogen) atoms. The number of urea groups is 1. The molecule has 2 aromatic carbocycles. The van der Waals surface area contributed by atoms with Gasteiger partial charge in [-0.3, -0.25) is 38.5 Å². The smallest absolute Gasteiger partial charge is 0.410 e. The van der Waals surface area contributed by atoms with E-state index in [1.807, 2.05) is 65.0 Å². The molecule has 24 nitrogen and oxygen atoms in total. The van der Waals surface area contributed by atoms with Gasteiger partial charge in [0.05, 0.1) is 5.41 Å². The number of carbonyl (C=O) groups excluding carboxylic acids is 9. The van der Waals surface area contributed by atoms with Crippen LogP contribution in [0.2, 0.25) is 0 Å². The van der Waals surface area contributed by atoms with Crippen molar-refractivity contribution in [2.75, 3.05) is 32.5 Å². The fourth-order valence-electron chi connectivity index (χ4n) is 10.5. The summed E-state index contributed by atoms with van der Waals surface area (Å²) in [6, 6.07) is 9.87. The van der Waals surface area contributed by atoms with Gasteiger partial charge in [0.25, 0.3) is 5.91 Å². The van der Waals surface area contributed by atoms with E-state index >= 15 is 4.79 Å². The Morgan fingerprint density at radius 2 is 1.42 bits per heavy atom. The number of carboxylic acids is 1. The van der Waals surface area contributed by atoms with Crippen LogP contribution in [0.1, 0.15) is 186 Å². The van der Waals surface area contributed by atoms with Crippen LogP contribution in [-0.4, -0.2) is 143 Å². The molecule has 3 rings (SSSR count). The zero-order valence-corrected chi connectivity index (χ0v) is 56.7. The van der Waals surface area contributed by atoms with Crippen LogP contribution in [0.5, 0.6) is 0 Å². The van der Waals surface area contributed by atoms with Crippen LogP contribution in [-0.2, 0) is 51.3 Å². The number of carboxylic acid groups (broad SMARTS) is 1. The quantitative estimate of drug-likeness (QED) is 0.0241. The van der Waals surface area contributed by atoms with Crippen LogP contribution in [0, 0.1) is 29.1 Å². The third kappa shape index (κ3) is 25.8. The van der Waals surface area contributed by atoms with E-state index < -0.39 is 102 Å². The van der Waals surface area contributed by atoms with Crippen LogP contribution in [0.3, 0.4) is 0 Å². The van der Waals surface area contributed by atoms with Crippen molar-refractivity contribution in [3.63, 3.8) is 0 Å². The number of hydrogen-bond donors (Lipinski definition) is 9. The predicted molar refractivity (Wildman–Crippen MR) is 350 cm³/mol. The highest BCUT2D eigenvalue weighted by atomic mass is 32.1. The van der Waals surface area contributed by atoms with Crippen molar-refractivity contribution in [1.29, 1.82) is 0 Å². The number of aliphatic carboxylic acids is 1. The highest BCUT2D eigenvalue weighted by molar-refractivity contribution is 7.09. The molecule has 0 aliphatic rings. The molecule has 0 aliphatic carbocycles. The zero-order chi connectivity index (χ0) is 68.1. The molecule has 0 aliphatic heterocycles. The van der Waals surface area contributed by atoms with Gasteiger partial charge < -0.3 is 62.4 Å². The maximum Gasteiger partial charge on any atom is 0.410 e. The molecule has 25 heteroatoms. The lowest BCUT2D eigenvalue weighted by molar-refractivity contribution is -0.147. The minimum atomic E-state index is -1.16. The van der Waals surface area contributed by atoms with E-state index in [-0.39, 0.29) is 80.6 Å². The van der Waals surface area contributed by atoms with Crippen LogP contribution < -0.4 is 43.0 Å². The Labute approximate surface area is 541 Å². The molecule has 0 radical (unpaired) electrons. The maximum atomic E-state index is 15.2. The SMILES string of the molecule is CCCCCCC(=O)N[C@H](C(=O)N[C@@H](CCCNC(N)=O)C(=O)Nc1ccc(COC(=O)N(C)[C@@H](C(=O)N[C@H](C(=O)N(CCC)[C@H](C[C@@H](OC(=O)NC)c2nc(C(=O)N[C@@H](Cc3ccccc3)CC(C)(C)C(=O)O)cs2)C(C)C)[C@@H](C)CC)C(C)C)cc1)C(C)C. The predicted octanol–water partition coefficient (Wildman–Crippen LogP) is 8.84. The van der Waals surface area contributed by atoms with Gasteiger partial charge in [-0.2, -0.15) is 0 Å². The molecular weight excluding hydrogens is 1190 g/mol. The Hall–Kier alpha value is -7.83. The second-order valence-corrected chi connectivity index (χ2v) is 25.9. The van der Waals surface area contributed by atoms with Gasteiger partial charge in [0.1, 0.15) is 41.5 Å². The first-order valence-electron chi connectivity index (χ1n) is 31.9. The average molecular weight is 1290 g/mol. The Balaban J connectivity index is 1.81. The Bertz CT molecular complexity index is 2830. The lowest BCUT2D eigenvalue weighted by Gasteiger charge is -2.40. The van der Waals surface area contributed by atoms with Crippen molar-refractivity contribution in [2.24, 2.45) is 34.8 Å². The number of rotatable bonds is 39. The summed E-state index contributed by atoms with van der Waals surface area (Å²) >= 11 is 1.10. The van der Waals surface area contributed by atoms with Gasteiger partial charge in [0.2, 0.25) is 29.5 Å². The van der Waals surface area contributed by atoms with Crippen molar-refractivity contribution in [3.8, 4) is 0 Å². The lowest BCUT2D eigenvalue weighted by Crippen LogP contribution is -2.59. The number of unbranched alkanes of at least 4 members (excludes halogenated alkanes) is 3. The van der Waals surface area contributed by atoms with Crippen LogP contribution in [0.25, 0.3) is 0 Å². The first-order chi connectivity index (χ1) is 43.0. The molecule has 1 aromatic heterocycles. The topological polar surface area (TPSA) is 339 Å². The van der Waals surface area contributed by atoms with Gasteiger partial charge in [-0.15, -0.1) is 11.3 Å². The van der Waals surface area contributed by atoms with Crippen molar-refractivity contribution < 1.29 is 62.5 Å². The molecule has 0 saturated carbocycles. The number of nitrogens with two attached hydrogens (primary N) is 1. The standard InChI is InChI=1S/C66H103N11O13S/c1-15-18-19-23-28-52(78)74-53(41(6)7)58(81)72-48(27-24-33-69-63(67)86)56(79)70-46-31-29-45(30-32-46)38-89-65(88)76(14)55(42(8)9)59(82)75-54(43(10)17-3)61(83)77(34-16-2)50(40(4)5)36-51(90-64(87)68-13)60-73-49(39-91-60)57(80)71-47(37-66(11,12)62(84)85)35-44-25-21-20-22-26-44/h20-22,25-26,29-32,39-43,47-48,50-51,53-55H,15-19,23-24,27-28,33-38H2,1-14H3,(H,68,87)(H,70,79)(H,71,80)(H,72,81)(H,74,78)(H,75,82)(H,84,85)(H3,67,69,86)/t43-,47-,48-,50+,51+,53-,54-,55+/m0/s1. The van der Waals surface area contributed by atoms with Crippen LogP contribution >= 0.6 is 11.3 Å². The number of carbonyl (C=O) groups is 10. The molecule has 0 unspecified atom stereocenters. The molecule has 0 bridgehead atoms. The van der Waals surface area contributed by atoms with Crippen molar-refractivity contribution in [1.82, 2.24) is 46.7 Å². The molecule has 0 spiro atoms. The summed E-state index contributed by atoms with van der Waals surface area (Å²) < 4.78 is 11.7. The molecule has 8 atom stereocenters. The number of alkyl carbamates (subject to hydrolysis) is 1. The third-order valence-corrected chi connectivity index (χ3v) is 16.9. The molecule has 10 amide bonds. The average Bonchev–Trinajstić information content (AvgIpc) is 2.13. The number of likely N-dealkylation sites (N-methyl/N-ethyl adjacent to an activating group) is 1. The lowest BCUT2D eigenvalue weighted by atomic mass is 9.84. The highest BCUT2D eigenvalue weighted by Gasteiger charge is 2.40. The summed E-state index contributed by atoms with van der Waals surface area (Å²) in [5.41, 5.74) is 5.93. The van der Waals surface area contributed by atoms with E-state index in [1.54, 1.807) is 76.1 Å². The van der Waals surface area contributed by atoms with E-state index in [0.717, 1.165) is 36.2 Å². The minimum absolute atomic E-state index is 0.0402. The number of ether oxygens (including phenoxy) is 2. The summed E-state index contributed by atoms with van der Waals surface area (Å²) in [7, 11) is 2.85. The molecule has 3 aromatic rings. The number of anilines is 1. The normalized spacial score (nSPS) is 14.1. The van der Waals surface area contributed by atoms with Crippen LogP contribution in [0.4, 0.5) is 20.1 Å². The fourth-order valence-corrected chi connectivity index (χ4v) is 11.3. The molecule has 506 valence electrons. The van der Waals surface area contributed by atoms with E-state index in [0.29, 0.717) is 48.4 Å². The largest absolute Gasteiger partial charge is 0.481 e. The molecule has 0 saturated heterocycles.